The fourth-order valence-electron chi connectivity index (χ4n) is 3.70. The molecule has 3 rings (SSSR count). The molecule has 1 N–H and O–H groups in total. The van der Waals surface area contributed by atoms with Crippen molar-refractivity contribution < 1.29 is 14.3 Å². The van der Waals surface area contributed by atoms with E-state index in [4.69, 9.17) is 0 Å². The Kier molecular flexibility index (Phi) is 5.09. The van der Waals surface area contributed by atoms with Crippen LogP contribution in [0.15, 0.2) is 18.3 Å². The number of nitrogens with zero attached hydrogens (tertiary/aromatic N) is 4. The largest absolute Gasteiger partial charge is 0.385 e. The van der Waals surface area contributed by atoms with Crippen LogP contribution in [-0.2, 0) is 23.9 Å². The van der Waals surface area contributed by atoms with Gasteiger partial charge in [-0.15, -0.1) is 0 Å². The first-order valence-electron chi connectivity index (χ1n) is 8.92. The molecule has 1 amide bonds. The Morgan fingerprint density at radius 1 is 1.35 bits per heavy atom. The van der Waals surface area contributed by atoms with E-state index in [9.17, 15) is 14.3 Å². The third-order valence-electron chi connectivity index (χ3n) is 5.45. The molecule has 6 nitrogen and oxygen atoms in total. The van der Waals surface area contributed by atoms with Crippen LogP contribution >= 0.6 is 0 Å². The molecule has 0 spiro atoms. The van der Waals surface area contributed by atoms with E-state index in [1.165, 1.54) is 6.20 Å². The third-order valence-corrected chi connectivity index (χ3v) is 5.45. The zero-order valence-corrected chi connectivity index (χ0v) is 15.5. The van der Waals surface area contributed by atoms with Crippen molar-refractivity contribution in [2.24, 2.45) is 7.05 Å². The highest BCUT2D eigenvalue weighted by molar-refractivity contribution is 5.76. The number of pyridine rings is 1. The Balaban J connectivity index is 1.59. The Hall–Kier alpha value is -2.28. The van der Waals surface area contributed by atoms with Crippen LogP contribution in [-0.4, -0.2) is 43.8 Å². The Labute approximate surface area is 152 Å². The van der Waals surface area contributed by atoms with Crippen LogP contribution in [0.2, 0.25) is 0 Å². The average Bonchev–Trinajstić information content (AvgIpc) is 2.86. The van der Waals surface area contributed by atoms with Gasteiger partial charge in [-0.25, -0.2) is 4.98 Å². The predicted molar refractivity (Wildman–Crippen MR) is 94.9 cm³/mol. The number of hydrogen-bond acceptors (Lipinski definition) is 4. The Morgan fingerprint density at radius 3 is 2.62 bits per heavy atom. The maximum absolute atomic E-state index is 13.9. The molecule has 140 valence electrons. The van der Waals surface area contributed by atoms with Gasteiger partial charge in [0.15, 0.2) is 0 Å². The lowest BCUT2D eigenvalue weighted by molar-refractivity contribution is -0.135. The summed E-state index contributed by atoms with van der Waals surface area (Å²) in [4.78, 5) is 17.9. The van der Waals surface area contributed by atoms with E-state index in [-0.39, 0.29) is 11.5 Å². The molecule has 0 saturated carbocycles. The number of aliphatic hydroxyl groups is 1. The molecule has 1 aliphatic rings. The maximum atomic E-state index is 13.9. The maximum Gasteiger partial charge on any atom is 0.222 e. The first-order chi connectivity index (χ1) is 12.3. The molecule has 7 heteroatoms. The first kappa shape index (κ1) is 18.5. The number of carbonyl (C=O) groups is 1. The van der Waals surface area contributed by atoms with Crippen LogP contribution in [0.4, 0.5) is 4.39 Å². The molecule has 1 saturated heterocycles. The zero-order valence-electron chi connectivity index (χ0n) is 15.5. The fourth-order valence-corrected chi connectivity index (χ4v) is 3.70. The molecule has 0 bridgehead atoms. The quantitative estimate of drug-likeness (QED) is 0.847. The SMILES string of the molecule is Cc1nn(C)c(C)c1CCC(=O)N1CCC(O)(c2cccnc2F)CC1. The van der Waals surface area contributed by atoms with Crippen LogP contribution in [0, 0.1) is 19.8 Å². The highest BCUT2D eigenvalue weighted by Gasteiger charge is 2.37. The molecule has 2 aromatic rings. The monoisotopic (exact) mass is 360 g/mol. The van der Waals surface area contributed by atoms with E-state index >= 15 is 0 Å². The summed E-state index contributed by atoms with van der Waals surface area (Å²) in [5, 5.41) is 15.2. The lowest BCUT2D eigenvalue weighted by atomic mass is 9.85. The normalized spacial score (nSPS) is 16.7. The van der Waals surface area contributed by atoms with E-state index in [1.807, 2.05) is 25.6 Å². The van der Waals surface area contributed by atoms with Crippen LogP contribution < -0.4 is 0 Å². The van der Waals surface area contributed by atoms with E-state index in [0.717, 1.165) is 17.0 Å². The van der Waals surface area contributed by atoms with E-state index < -0.39 is 11.5 Å². The summed E-state index contributed by atoms with van der Waals surface area (Å²) in [5.74, 6) is -0.585. The van der Waals surface area contributed by atoms with E-state index in [0.29, 0.717) is 38.8 Å². The summed E-state index contributed by atoms with van der Waals surface area (Å²) in [7, 11) is 1.90. The van der Waals surface area contributed by atoms with Crippen molar-refractivity contribution in [3.05, 3.63) is 46.8 Å². The number of aryl methyl sites for hydroxylation is 2. The van der Waals surface area contributed by atoms with Gasteiger partial charge in [0.1, 0.15) is 0 Å². The van der Waals surface area contributed by atoms with Crippen LogP contribution in [0.3, 0.4) is 0 Å². The van der Waals surface area contributed by atoms with Crippen LogP contribution in [0.25, 0.3) is 0 Å². The standard InChI is InChI=1S/C19H25FN4O2/c1-13-15(14(2)23(3)22-13)6-7-17(25)24-11-8-19(26,9-12-24)16-5-4-10-21-18(16)20/h4-5,10,26H,6-9,11-12H2,1-3H3. The molecular weight excluding hydrogens is 335 g/mol. The van der Waals surface area contributed by atoms with Gasteiger partial charge in [-0.1, -0.05) is 6.07 Å². The van der Waals surface area contributed by atoms with Crippen molar-refractivity contribution in [3.63, 3.8) is 0 Å². The number of halogens is 1. The number of carbonyl (C=O) groups excluding carboxylic acids is 1. The number of hydrogen-bond donors (Lipinski definition) is 1. The minimum Gasteiger partial charge on any atom is -0.385 e. The molecule has 2 aromatic heterocycles. The lowest BCUT2D eigenvalue weighted by Gasteiger charge is -2.38. The summed E-state index contributed by atoms with van der Waals surface area (Å²) in [6, 6.07) is 3.18. The number of likely N-dealkylation sites (tertiary alicyclic amines) is 1. The van der Waals surface area contributed by atoms with Gasteiger partial charge >= 0.3 is 0 Å². The van der Waals surface area contributed by atoms with Gasteiger partial charge in [0.25, 0.3) is 0 Å². The second kappa shape index (κ2) is 7.15. The number of amides is 1. The number of rotatable bonds is 4. The second-order valence-corrected chi connectivity index (χ2v) is 7.03. The Morgan fingerprint density at radius 2 is 2.04 bits per heavy atom. The summed E-state index contributed by atoms with van der Waals surface area (Å²) in [5.41, 5.74) is 2.11. The number of piperidine rings is 1. The lowest BCUT2D eigenvalue weighted by Crippen LogP contribution is -2.45. The van der Waals surface area contributed by atoms with Crippen molar-refractivity contribution in [1.29, 1.82) is 0 Å². The third kappa shape index (κ3) is 3.49. The van der Waals surface area contributed by atoms with Crippen molar-refractivity contribution in [2.75, 3.05) is 13.1 Å². The molecule has 3 heterocycles. The van der Waals surface area contributed by atoms with Gasteiger partial charge in [-0.05, 0) is 44.7 Å². The molecule has 0 unspecified atom stereocenters. The smallest absolute Gasteiger partial charge is 0.222 e. The summed E-state index contributed by atoms with van der Waals surface area (Å²) < 4.78 is 15.7. The van der Waals surface area contributed by atoms with Crippen molar-refractivity contribution in [1.82, 2.24) is 19.7 Å². The van der Waals surface area contributed by atoms with E-state index in [2.05, 4.69) is 10.1 Å². The molecular formula is C19H25FN4O2. The number of aromatic nitrogens is 3. The van der Waals surface area contributed by atoms with Gasteiger partial charge in [-0.2, -0.15) is 9.49 Å². The molecule has 0 radical (unpaired) electrons. The molecule has 0 aromatic carbocycles. The summed E-state index contributed by atoms with van der Waals surface area (Å²) >= 11 is 0. The van der Waals surface area contributed by atoms with Gasteiger partial charge < -0.3 is 10.0 Å². The first-order valence-corrected chi connectivity index (χ1v) is 8.92. The molecule has 1 fully saturated rings. The van der Waals surface area contributed by atoms with Crippen molar-refractivity contribution in [3.8, 4) is 0 Å². The molecule has 0 aliphatic carbocycles. The average molecular weight is 360 g/mol. The van der Waals surface area contributed by atoms with Crippen LogP contribution in [0.5, 0.6) is 0 Å². The van der Waals surface area contributed by atoms with Gasteiger partial charge in [0, 0.05) is 44.0 Å². The zero-order chi connectivity index (χ0) is 18.9. The predicted octanol–water partition coefficient (Wildman–Crippen LogP) is 2.01. The molecule has 26 heavy (non-hydrogen) atoms. The van der Waals surface area contributed by atoms with Gasteiger partial charge in [-0.3, -0.25) is 9.48 Å². The van der Waals surface area contributed by atoms with Crippen molar-refractivity contribution in [2.45, 2.75) is 45.1 Å². The fraction of sp³-hybridized carbons (Fsp3) is 0.526. The molecule has 1 aliphatic heterocycles. The van der Waals surface area contributed by atoms with Gasteiger partial charge in [0.05, 0.1) is 11.3 Å². The second-order valence-electron chi connectivity index (χ2n) is 7.03. The summed E-state index contributed by atoms with van der Waals surface area (Å²) in [6.45, 7) is 4.78. The topological polar surface area (TPSA) is 71.2 Å². The van der Waals surface area contributed by atoms with Crippen molar-refractivity contribution >= 4 is 5.91 Å². The minimum absolute atomic E-state index is 0.0568. The minimum atomic E-state index is -1.26. The molecule has 0 atom stereocenters. The van der Waals surface area contributed by atoms with Gasteiger partial charge in [0.2, 0.25) is 11.9 Å². The summed E-state index contributed by atoms with van der Waals surface area (Å²) in [6.07, 6.45) is 3.05. The highest BCUT2D eigenvalue weighted by Crippen LogP contribution is 2.34. The Bertz CT molecular complexity index is 810. The van der Waals surface area contributed by atoms with Crippen LogP contribution in [0.1, 0.15) is 41.8 Å². The van der Waals surface area contributed by atoms with E-state index in [1.54, 1.807) is 17.0 Å². The highest BCUT2D eigenvalue weighted by atomic mass is 19.1.